The van der Waals surface area contributed by atoms with Crippen LogP contribution in [0.3, 0.4) is 0 Å². The topological polar surface area (TPSA) is 3.24 Å². The molecule has 0 N–H and O–H groups in total. The average Bonchev–Trinajstić information content (AvgIpc) is 1.90. The van der Waals surface area contributed by atoms with E-state index in [1.165, 1.54) is 13.0 Å². The van der Waals surface area contributed by atoms with Crippen molar-refractivity contribution in [2.24, 2.45) is 0 Å². The van der Waals surface area contributed by atoms with E-state index in [1.54, 1.807) is 0 Å². The van der Waals surface area contributed by atoms with Gasteiger partial charge in [0.25, 0.3) is 0 Å². The molecule has 0 aliphatic carbocycles. The number of hydrogen-bond acceptors (Lipinski definition) is 1. The van der Waals surface area contributed by atoms with Gasteiger partial charge >= 0.3 is 19.5 Å². The fourth-order valence-corrected chi connectivity index (χ4v) is 0.763. The zero-order valence-electron chi connectivity index (χ0n) is 9.10. The van der Waals surface area contributed by atoms with Crippen LogP contribution in [-0.2, 0) is 19.5 Å². The Balaban J connectivity index is -0.000000177. The molecule has 12 heavy (non-hydrogen) atoms. The van der Waals surface area contributed by atoms with E-state index < -0.39 is 0 Å². The van der Waals surface area contributed by atoms with Crippen LogP contribution >= 0.6 is 0 Å². The van der Waals surface area contributed by atoms with Crippen LogP contribution in [0.2, 0.25) is 0 Å². The third-order valence-electron chi connectivity index (χ3n) is 1.15. The molecule has 0 rings (SSSR count). The molecule has 0 unspecified atom stereocenters. The molecular weight excluding hydrogens is 200 g/mol. The molecule has 0 aromatic rings. The van der Waals surface area contributed by atoms with Gasteiger partial charge in [-0.05, 0) is 26.6 Å². The van der Waals surface area contributed by atoms with Gasteiger partial charge < -0.3 is 18.7 Å². The molecular formula is C10H23NZn. The van der Waals surface area contributed by atoms with Gasteiger partial charge in [-0.25, -0.2) is 0 Å². The van der Waals surface area contributed by atoms with Gasteiger partial charge in [0.15, 0.2) is 0 Å². The minimum absolute atomic E-state index is 0. The first-order valence-corrected chi connectivity index (χ1v) is 4.49. The molecule has 0 aromatic heterocycles. The molecule has 0 radical (unpaired) electrons. The van der Waals surface area contributed by atoms with E-state index in [1.807, 2.05) is 6.92 Å². The van der Waals surface area contributed by atoms with Crippen molar-refractivity contribution in [3.05, 3.63) is 13.8 Å². The molecule has 0 aromatic carbocycles. The first-order chi connectivity index (χ1) is 5.22. The quantitative estimate of drug-likeness (QED) is 0.522. The number of nitrogens with zero attached hydrogens (tertiary/aromatic N) is 1. The van der Waals surface area contributed by atoms with Gasteiger partial charge in [0.1, 0.15) is 0 Å². The Labute approximate surface area is 91.7 Å². The molecule has 0 spiro atoms. The second kappa shape index (κ2) is 17.6. The van der Waals surface area contributed by atoms with Crippen molar-refractivity contribution in [2.45, 2.75) is 33.1 Å². The molecule has 70 valence electrons. The first kappa shape index (κ1) is 18.4. The minimum Gasteiger partial charge on any atom is -0.344 e. The van der Waals surface area contributed by atoms with Crippen molar-refractivity contribution in [3.8, 4) is 0 Å². The fraction of sp³-hybridized carbons (Fsp3) is 0.800. The van der Waals surface area contributed by atoms with Crippen molar-refractivity contribution in [1.82, 2.24) is 4.90 Å². The molecule has 1 nitrogen and oxygen atoms in total. The van der Waals surface area contributed by atoms with Crippen molar-refractivity contribution in [1.29, 1.82) is 0 Å². The maximum Gasteiger partial charge on any atom is 2.00 e. The summed E-state index contributed by atoms with van der Waals surface area (Å²) < 4.78 is 0. The molecule has 0 heterocycles. The summed E-state index contributed by atoms with van der Waals surface area (Å²) in [6.45, 7) is 13.8. The van der Waals surface area contributed by atoms with E-state index in [9.17, 15) is 0 Å². The van der Waals surface area contributed by atoms with Crippen molar-refractivity contribution in [2.75, 3.05) is 20.1 Å². The Hall–Kier alpha value is 0.583. The molecule has 2 heteroatoms. The summed E-state index contributed by atoms with van der Waals surface area (Å²) in [5.74, 6) is 0. The zero-order valence-corrected chi connectivity index (χ0v) is 12.1. The summed E-state index contributed by atoms with van der Waals surface area (Å²) >= 11 is 0. The predicted molar refractivity (Wildman–Crippen MR) is 53.4 cm³/mol. The standard InChI is InChI=1S/C7H16N.C3H7.Zn/c1-4-6-8(3)7-5-2;1-3-2;/h1,4-7H2,2-3H3;1,3H2,2H3;/q2*-1;+2. The summed E-state index contributed by atoms with van der Waals surface area (Å²) in [6, 6.07) is 0. The van der Waals surface area contributed by atoms with Gasteiger partial charge in [0.2, 0.25) is 0 Å². The van der Waals surface area contributed by atoms with E-state index in [4.69, 9.17) is 0 Å². The summed E-state index contributed by atoms with van der Waals surface area (Å²) in [7, 11) is 2.13. The third-order valence-corrected chi connectivity index (χ3v) is 1.15. The van der Waals surface area contributed by atoms with Gasteiger partial charge in [-0.1, -0.05) is 13.8 Å². The average molecular weight is 223 g/mol. The second-order valence-corrected chi connectivity index (χ2v) is 2.66. The number of hydrogen-bond donors (Lipinski definition) is 0. The first-order valence-electron chi connectivity index (χ1n) is 4.49. The van der Waals surface area contributed by atoms with Gasteiger partial charge in [0, 0.05) is 0 Å². The van der Waals surface area contributed by atoms with Gasteiger partial charge in [-0.2, -0.15) is 12.8 Å². The van der Waals surface area contributed by atoms with E-state index in [0.29, 0.717) is 0 Å². The summed E-state index contributed by atoms with van der Waals surface area (Å²) in [6.07, 6.45) is 3.27. The third kappa shape index (κ3) is 22.4. The summed E-state index contributed by atoms with van der Waals surface area (Å²) in [4.78, 5) is 2.30. The van der Waals surface area contributed by atoms with Crippen LogP contribution in [0, 0.1) is 13.8 Å². The monoisotopic (exact) mass is 221 g/mol. The minimum atomic E-state index is 0. The van der Waals surface area contributed by atoms with E-state index in [2.05, 4.69) is 32.7 Å². The maximum absolute atomic E-state index is 3.77. The molecule has 0 saturated carbocycles. The molecule has 0 saturated heterocycles. The Morgan fingerprint density at radius 2 is 1.50 bits per heavy atom. The van der Waals surface area contributed by atoms with Gasteiger partial charge in [-0.15, -0.1) is 0 Å². The Morgan fingerprint density at radius 1 is 1.08 bits per heavy atom. The smallest absolute Gasteiger partial charge is 0.344 e. The number of rotatable bonds is 4. The molecule has 0 fully saturated rings. The summed E-state index contributed by atoms with van der Waals surface area (Å²) in [5.41, 5.74) is 0. The molecule has 0 aliphatic rings. The van der Waals surface area contributed by atoms with E-state index >= 15 is 0 Å². The van der Waals surface area contributed by atoms with Crippen molar-refractivity contribution in [3.63, 3.8) is 0 Å². The van der Waals surface area contributed by atoms with Crippen LogP contribution in [0.1, 0.15) is 33.1 Å². The molecule has 0 aliphatic heterocycles. The Kier molecular flexibility index (Phi) is 27.0. The largest absolute Gasteiger partial charge is 2.00 e. The van der Waals surface area contributed by atoms with Crippen LogP contribution in [0.15, 0.2) is 0 Å². The molecule has 0 amide bonds. The van der Waals surface area contributed by atoms with Gasteiger partial charge in [-0.3, -0.25) is 0 Å². The van der Waals surface area contributed by atoms with Crippen LogP contribution in [0.4, 0.5) is 0 Å². The maximum atomic E-state index is 3.77. The van der Waals surface area contributed by atoms with Crippen molar-refractivity contribution < 1.29 is 19.5 Å². The molecule has 0 atom stereocenters. The van der Waals surface area contributed by atoms with Crippen molar-refractivity contribution >= 4 is 0 Å². The van der Waals surface area contributed by atoms with Gasteiger partial charge in [0.05, 0.1) is 0 Å². The Morgan fingerprint density at radius 3 is 1.75 bits per heavy atom. The van der Waals surface area contributed by atoms with Crippen LogP contribution in [-0.4, -0.2) is 25.0 Å². The summed E-state index contributed by atoms with van der Waals surface area (Å²) in [5, 5.41) is 0. The van der Waals surface area contributed by atoms with Crippen LogP contribution in [0.5, 0.6) is 0 Å². The zero-order chi connectivity index (χ0) is 9.11. The second-order valence-electron chi connectivity index (χ2n) is 2.66. The van der Waals surface area contributed by atoms with E-state index in [-0.39, 0.29) is 19.5 Å². The normalized spacial score (nSPS) is 8.50. The molecule has 0 bridgehead atoms. The predicted octanol–water partition coefficient (Wildman–Crippen LogP) is 2.78. The Bertz CT molecular complexity index is 51.8. The SMILES string of the molecule is [CH2-]CC.[CH2-]CCN(C)CCC.[Zn+2]. The fourth-order valence-electron chi connectivity index (χ4n) is 0.763. The van der Waals surface area contributed by atoms with E-state index in [0.717, 1.165) is 19.4 Å². The van der Waals surface area contributed by atoms with Crippen LogP contribution in [0.25, 0.3) is 0 Å². The van der Waals surface area contributed by atoms with Crippen LogP contribution < -0.4 is 0 Å².